The Balaban J connectivity index is 1.65. The summed E-state index contributed by atoms with van der Waals surface area (Å²) >= 11 is 0. The van der Waals surface area contributed by atoms with Crippen molar-refractivity contribution in [2.45, 2.75) is 18.8 Å². The lowest BCUT2D eigenvalue weighted by atomic mass is 9.89. The number of piperidine rings is 1. The minimum Gasteiger partial charge on any atom is -0.378 e. The van der Waals surface area contributed by atoms with Crippen LogP contribution in [-0.2, 0) is 0 Å². The highest BCUT2D eigenvalue weighted by Crippen LogP contribution is 2.28. The molecule has 0 aliphatic carbocycles. The van der Waals surface area contributed by atoms with Crippen LogP contribution in [0.4, 0.5) is 5.69 Å². The van der Waals surface area contributed by atoms with E-state index in [0.717, 1.165) is 37.2 Å². The molecule has 1 saturated heterocycles. The van der Waals surface area contributed by atoms with Gasteiger partial charge in [-0.1, -0.05) is 36.4 Å². The van der Waals surface area contributed by atoms with Crippen LogP contribution in [0.15, 0.2) is 54.6 Å². The van der Waals surface area contributed by atoms with Gasteiger partial charge < -0.3 is 9.80 Å². The van der Waals surface area contributed by atoms with Crippen LogP contribution >= 0.6 is 0 Å². The Morgan fingerprint density at radius 3 is 2.35 bits per heavy atom. The zero-order chi connectivity index (χ0) is 16.2. The molecule has 0 N–H and O–H groups in total. The summed E-state index contributed by atoms with van der Waals surface area (Å²) in [6, 6.07) is 18.5. The van der Waals surface area contributed by atoms with E-state index in [4.69, 9.17) is 0 Å². The molecule has 23 heavy (non-hydrogen) atoms. The van der Waals surface area contributed by atoms with E-state index in [9.17, 15) is 4.79 Å². The molecule has 0 saturated carbocycles. The number of benzene rings is 2. The molecule has 3 nitrogen and oxygen atoms in total. The van der Waals surface area contributed by atoms with Gasteiger partial charge in [-0.05, 0) is 42.5 Å². The van der Waals surface area contributed by atoms with E-state index in [1.807, 2.05) is 48.2 Å². The van der Waals surface area contributed by atoms with Crippen LogP contribution in [0.3, 0.4) is 0 Å². The third kappa shape index (κ3) is 3.55. The summed E-state index contributed by atoms with van der Waals surface area (Å²) in [6.45, 7) is 1.68. The van der Waals surface area contributed by atoms with Crippen LogP contribution in [-0.4, -0.2) is 38.0 Å². The molecule has 0 atom stereocenters. The van der Waals surface area contributed by atoms with Crippen LogP contribution in [0.25, 0.3) is 0 Å². The fourth-order valence-electron chi connectivity index (χ4n) is 3.24. The number of hydrogen-bond donors (Lipinski definition) is 0. The number of carbonyl (C=O) groups is 1. The SMILES string of the molecule is CN(C)c1cccc(C(=O)N2CCC(c3ccccc3)CC2)c1. The highest BCUT2D eigenvalue weighted by molar-refractivity contribution is 5.95. The zero-order valence-corrected chi connectivity index (χ0v) is 13.9. The minimum atomic E-state index is 0.153. The van der Waals surface area contributed by atoms with E-state index in [1.54, 1.807) is 0 Å². The lowest BCUT2D eigenvalue weighted by Crippen LogP contribution is -2.38. The first kappa shape index (κ1) is 15.6. The van der Waals surface area contributed by atoms with E-state index in [1.165, 1.54) is 5.56 Å². The summed E-state index contributed by atoms with van der Waals surface area (Å²) in [4.78, 5) is 16.7. The van der Waals surface area contributed by atoms with Crippen molar-refractivity contribution < 1.29 is 4.79 Å². The zero-order valence-electron chi connectivity index (χ0n) is 13.9. The van der Waals surface area contributed by atoms with E-state index in [0.29, 0.717) is 5.92 Å². The fraction of sp³-hybridized carbons (Fsp3) is 0.350. The predicted molar refractivity (Wildman–Crippen MR) is 95.1 cm³/mol. The molecule has 3 heteroatoms. The smallest absolute Gasteiger partial charge is 0.253 e. The van der Waals surface area contributed by atoms with Crippen molar-refractivity contribution >= 4 is 11.6 Å². The molecule has 120 valence electrons. The maximum absolute atomic E-state index is 12.7. The van der Waals surface area contributed by atoms with Gasteiger partial charge >= 0.3 is 0 Å². The summed E-state index contributed by atoms with van der Waals surface area (Å²) in [5.41, 5.74) is 3.25. The highest BCUT2D eigenvalue weighted by atomic mass is 16.2. The molecule has 0 bridgehead atoms. The Kier molecular flexibility index (Phi) is 4.65. The molecule has 0 aromatic heterocycles. The van der Waals surface area contributed by atoms with Crippen molar-refractivity contribution in [3.63, 3.8) is 0 Å². The molecule has 1 aliphatic heterocycles. The summed E-state index contributed by atoms with van der Waals surface area (Å²) in [5, 5.41) is 0. The van der Waals surface area contributed by atoms with Gasteiger partial charge in [0.2, 0.25) is 0 Å². The van der Waals surface area contributed by atoms with Gasteiger partial charge in [-0.25, -0.2) is 0 Å². The predicted octanol–water partition coefficient (Wildman–Crippen LogP) is 3.77. The number of rotatable bonds is 3. The maximum Gasteiger partial charge on any atom is 0.253 e. The second-order valence-electron chi connectivity index (χ2n) is 6.42. The normalized spacial score (nSPS) is 15.5. The average molecular weight is 308 g/mol. The van der Waals surface area contributed by atoms with Crippen LogP contribution < -0.4 is 4.90 Å². The van der Waals surface area contributed by atoms with Gasteiger partial charge in [0.25, 0.3) is 5.91 Å². The molecular weight excluding hydrogens is 284 g/mol. The first-order valence-electron chi connectivity index (χ1n) is 8.27. The van der Waals surface area contributed by atoms with Gasteiger partial charge in [0.05, 0.1) is 0 Å². The largest absolute Gasteiger partial charge is 0.378 e. The van der Waals surface area contributed by atoms with Gasteiger partial charge in [-0.3, -0.25) is 4.79 Å². The van der Waals surface area contributed by atoms with Gasteiger partial charge in [-0.2, -0.15) is 0 Å². The van der Waals surface area contributed by atoms with Crippen LogP contribution in [0.2, 0.25) is 0 Å². The van der Waals surface area contributed by atoms with E-state index >= 15 is 0 Å². The maximum atomic E-state index is 12.7. The Labute approximate surface area is 138 Å². The first-order valence-corrected chi connectivity index (χ1v) is 8.27. The molecule has 1 heterocycles. The van der Waals surface area contributed by atoms with Crippen molar-refractivity contribution in [3.05, 3.63) is 65.7 Å². The van der Waals surface area contributed by atoms with Crippen LogP contribution in [0, 0.1) is 0 Å². The third-order valence-corrected chi connectivity index (χ3v) is 4.66. The lowest BCUT2D eigenvalue weighted by Gasteiger charge is -2.32. The molecule has 1 aliphatic rings. The monoisotopic (exact) mass is 308 g/mol. The summed E-state index contributed by atoms with van der Waals surface area (Å²) in [7, 11) is 3.99. The lowest BCUT2D eigenvalue weighted by molar-refractivity contribution is 0.0713. The Bertz CT molecular complexity index is 658. The number of nitrogens with zero attached hydrogens (tertiary/aromatic N) is 2. The van der Waals surface area contributed by atoms with Crippen molar-refractivity contribution in [1.82, 2.24) is 4.90 Å². The second kappa shape index (κ2) is 6.86. The molecule has 1 fully saturated rings. The Hall–Kier alpha value is -2.29. The summed E-state index contributed by atoms with van der Waals surface area (Å²) < 4.78 is 0. The molecular formula is C20H24N2O. The number of carbonyl (C=O) groups excluding carboxylic acids is 1. The summed E-state index contributed by atoms with van der Waals surface area (Å²) in [6.07, 6.45) is 2.09. The van der Waals surface area contributed by atoms with Crippen LogP contribution in [0.5, 0.6) is 0 Å². The third-order valence-electron chi connectivity index (χ3n) is 4.66. The second-order valence-corrected chi connectivity index (χ2v) is 6.42. The highest BCUT2D eigenvalue weighted by Gasteiger charge is 2.24. The first-order chi connectivity index (χ1) is 11.1. The van der Waals surface area contributed by atoms with E-state index in [2.05, 4.69) is 30.3 Å². The number of likely N-dealkylation sites (tertiary alicyclic amines) is 1. The summed E-state index contributed by atoms with van der Waals surface area (Å²) in [5.74, 6) is 0.730. The quantitative estimate of drug-likeness (QED) is 0.861. The molecule has 2 aromatic rings. The number of hydrogen-bond acceptors (Lipinski definition) is 2. The minimum absolute atomic E-state index is 0.153. The van der Waals surface area contributed by atoms with Crippen LogP contribution in [0.1, 0.15) is 34.7 Å². The molecule has 0 radical (unpaired) electrons. The molecule has 3 rings (SSSR count). The van der Waals surface area contributed by atoms with Gasteiger partial charge in [0.1, 0.15) is 0 Å². The number of anilines is 1. The fourth-order valence-corrected chi connectivity index (χ4v) is 3.24. The van der Waals surface area contributed by atoms with Gasteiger partial charge in [0, 0.05) is 38.4 Å². The van der Waals surface area contributed by atoms with Gasteiger partial charge in [0.15, 0.2) is 0 Å². The van der Waals surface area contributed by atoms with Gasteiger partial charge in [-0.15, -0.1) is 0 Å². The Morgan fingerprint density at radius 1 is 1.00 bits per heavy atom. The molecule has 1 amide bonds. The standard InChI is InChI=1S/C20H24N2O/c1-21(2)19-10-6-9-18(15-19)20(23)22-13-11-17(12-14-22)16-7-4-3-5-8-16/h3-10,15,17H,11-14H2,1-2H3. The van der Waals surface area contributed by atoms with E-state index in [-0.39, 0.29) is 5.91 Å². The molecule has 2 aromatic carbocycles. The molecule has 0 spiro atoms. The average Bonchev–Trinajstić information content (AvgIpc) is 2.62. The van der Waals surface area contributed by atoms with Crippen molar-refractivity contribution in [2.75, 3.05) is 32.1 Å². The van der Waals surface area contributed by atoms with Crippen molar-refractivity contribution in [2.24, 2.45) is 0 Å². The van der Waals surface area contributed by atoms with Crippen molar-refractivity contribution in [1.29, 1.82) is 0 Å². The number of amides is 1. The topological polar surface area (TPSA) is 23.6 Å². The van der Waals surface area contributed by atoms with Crippen molar-refractivity contribution in [3.8, 4) is 0 Å². The molecule has 0 unspecified atom stereocenters. The van der Waals surface area contributed by atoms with E-state index < -0.39 is 0 Å². The Morgan fingerprint density at radius 2 is 1.70 bits per heavy atom.